The fourth-order valence-electron chi connectivity index (χ4n) is 1.61. The minimum Gasteiger partial charge on any atom is -0.494 e. The van der Waals surface area contributed by atoms with E-state index >= 15 is 0 Å². The third kappa shape index (κ3) is 1.38. The van der Waals surface area contributed by atoms with Crippen LogP contribution in [0.5, 0.6) is 5.75 Å². The van der Waals surface area contributed by atoms with Crippen molar-refractivity contribution < 1.29 is 14.5 Å². The average molecular weight is 223 g/mol. The molecule has 7 heteroatoms. The Kier molecular flexibility index (Phi) is 2.24. The summed E-state index contributed by atoms with van der Waals surface area (Å²) in [6.07, 6.45) is 0. The van der Waals surface area contributed by atoms with Gasteiger partial charge < -0.3 is 15.8 Å². The first-order valence-electron chi connectivity index (χ1n) is 4.47. The Labute approximate surface area is 90.3 Å². The Bertz CT molecular complexity index is 486. The Hall–Kier alpha value is -2.15. The molecule has 1 heterocycles. The molecule has 1 aliphatic rings. The van der Waals surface area contributed by atoms with Gasteiger partial charge in [-0.05, 0) is 0 Å². The molecule has 0 aliphatic carbocycles. The molecule has 16 heavy (non-hydrogen) atoms. The van der Waals surface area contributed by atoms with E-state index in [9.17, 15) is 14.9 Å². The Morgan fingerprint density at radius 2 is 2.25 bits per heavy atom. The van der Waals surface area contributed by atoms with E-state index in [0.29, 0.717) is 11.3 Å². The van der Waals surface area contributed by atoms with Crippen molar-refractivity contribution in [2.45, 2.75) is 6.04 Å². The highest BCUT2D eigenvalue weighted by molar-refractivity contribution is 6.04. The van der Waals surface area contributed by atoms with Gasteiger partial charge in [-0.1, -0.05) is 0 Å². The van der Waals surface area contributed by atoms with Crippen molar-refractivity contribution in [1.29, 1.82) is 0 Å². The highest BCUT2D eigenvalue weighted by Crippen LogP contribution is 2.40. The van der Waals surface area contributed by atoms with Crippen molar-refractivity contribution in [1.82, 2.24) is 0 Å². The normalized spacial score (nSPS) is 17.9. The molecule has 84 valence electrons. The van der Waals surface area contributed by atoms with Crippen LogP contribution < -0.4 is 15.8 Å². The zero-order valence-electron chi connectivity index (χ0n) is 8.39. The molecule has 1 unspecified atom stereocenters. The molecule has 1 atom stereocenters. The zero-order chi connectivity index (χ0) is 11.9. The molecule has 0 radical (unpaired) electrons. The van der Waals surface area contributed by atoms with E-state index in [2.05, 4.69) is 5.32 Å². The summed E-state index contributed by atoms with van der Waals surface area (Å²) in [6, 6.07) is 1.64. The average Bonchev–Trinajstić information content (AvgIpc) is 2.54. The largest absolute Gasteiger partial charge is 0.494 e. The standard InChI is InChI=1S/C9H9N3O4/c1-16-6-3-4(12(14)15)2-5-7(10)9(13)11-8(5)6/h2-3,7H,10H2,1H3,(H,11,13). The number of anilines is 1. The van der Waals surface area contributed by atoms with E-state index in [1.807, 2.05) is 0 Å². The van der Waals surface area contributed by atoms with Crippen molar-refractivity contribution >= 4 is 17.3 Å². The second-order valence-electron chi connectivity index (χ2n) is 3.34. The SMILES string of the molecule is COc1cc([N+](=O)[O-])cc2c1NC(=O)C2N. The van der Waals surface area contributed by atoms with E-state index < -0.39 is 16.9 Å². The number of amides is 1. The van der Waals surface area contributed by atoms with Crippen molar-refractivity contribution in [3.63, 3.8) is 0 Å². The van der Waals surface area contributed by atoms with Crippen molar-refractivity contribution in [3.05, 3.63) is 27.8 Å². The van der Waals surface area contributed by atoms with Gasteiger partial charge in [0.1, 0.15) is 11.8 Å². The summed E-state index contributed by atoms with van der Waals surface area (Å²) < 4.78 is 4.97. The molecule has 0 fully saturated rings. The van der Waals surface area contributed by atoms with Gasteiger partial charge >= 0.3 is 0 Å². The van der Waals surface area contributed by atoms with Gasteiger partial charge in [-0.15, -0.1) is 0 Å². The summed E-state index contributed by atoms with van der Waals surface area (Å²) in [6.45, 7) is 0. The molecular weight excluding hydrogens is 214 g/mol. The first-order valence-corrected chi connectivity index (χ1v) is 4.47. The number of fused-ring (bicyclic) bond motifs is 1. The number of nitrogens with two attached hydrogens (primary N) is 1. The molecule has 0 saturated heterocycles. The van der Waals surface area contributed by atoms with Gasteiger partial charge in [-0.25, -0.2) is 0 Å². The fraction of sp³-hybridized carbons (Fsp3) is 0.222. The number of benzene rings is 1. The second-order valence-corrected chi connectivity index (χ2v) is 3.34. The lowest BCUT2D eigenvalue weighted by molar-refractivity contribution is -0.385. The molecule has 0 aromatic heterocycles. The predicted molar refractivity (Wildman–Crippen MR) is 55.2 cm³/mol. The summed E-state index contributed by atoms with van der Waals surface area (Å²) in [5.41, 5.74) is 6.24. The number of ether oxygens (including phenoxy) is 1. The number of nitro groups is 1. The first-order chi connectivity index (χ1) is 7.54. The van der Waals surface area contributed by atoms with Crippen molar-refractivity contribution in [3.8, 4) is 5.75 Å². The minimum absolute atomic E-state index is 0.150. The number of hydrogen-bond acceptors (Lipinski definition) is 5. The number of carbonyl (C=O) groups excluding carboxylic acids is 1. The molecule has 1 amide bonds. The van der Waals surface area contributed by atoms with Crippen LogP contribution in [0, 0.1) is 10.1 Å². The first kappa shape index (κ1) is 10.4. The van der Waals surface area contributed by atoms with Gasteiger partial charge in [-0.3, -0.25) is 14.9 Å². The minimum atomic E-state index is -0.885. The van der Waals surface area contributed by atoms with Crippen LogP contribution in [-0.4, -0.2) is 17.9 Å². The maximum Gasteiger partial charge on any atom is 0.273 e. The number of rotatable bonds is 2. The van der Waals surface area contributed by atoms with Gasteiger partial charge in [-0.2, -0.15) is 0 Å². The number of carbonyl (C=O) groups is 1. The highest BCUT2D eigenvalue weighted by Gasteiger charge is 2.32. The van der Waals surface area contributed by atoms with E-state index in [4.69, 9.17) is 10.5 Å². The smallest absolute Gasteiger partial charge is 0.273 e. The number of nitrogens with zero attached hydrogens (tertiary/aromatic N) is 1. The third-order valence-corrected chi connectivity index (χ3v) is 2.41. The molecule has 1 aromatic rings. The molecule has 0 bridgehead atoms. The van der Waals surface area contributed by atoms with Gasteiger partial charge in [0, 0.05) is 11.6 Å². The zero-order valence-corrected chi connectivity index (χ0v) is 8.39. The monoisotopic (exact) mass is 223 g/mol. The summed E-state index contributed by atoms with van der Waals surface area (Å²) in [7, 11) is 1.37. The topological polar surface area (TPSA) is 107 Å². The van der Waals surface area contributed by atoms with Gasteiger partial charge in [0.2, 0.25) is 5.91 Å². The van der Waals surface area contributed by atoms with Gasteiger partial charge in [0.25, 0.3) is 5.69 Å². The highest BCUT2D eigenvalue weighted by atomic mass is 16.6. The van der Waals surface area contributed by atoms with Crippen LogP contribution >= 0.6 is 0 Å². The molecule has 1 aromatic carbocycles. The van der Waals surface area contributed by atoms with Crippen LogP contribution in [0.4, 0.5) is 11.4 Å². The van der Waals surface area contributed by atoms with E-state index in [1.165, 1.54) is 19.2 Å². The molecule has 2 rings (SSSR count). The number of methoxy groups -OCH3 is 1. The number of non-ortho nitro benzene ring substituents is 1. The number of nitro benzene ring substituents is 1. The number of hydrogen-bond donors (Lipinski definition) is 2. The van der Waals surface area contributed by atoms with E-state index in [0.717, 1.165) is 0 Å². The van der Waals surface area contributed by atoms with Crippen LogP contribution in [0.3, 0.4) is 0 Å². The second kappa shape index (κ2) is 3.46. The lowest BCUT2D eigenvalue weighted by Crippen LogP contribution is -2.19. The van der Waals surface area contributed by atoms with Crippen LogP contribution in [-0.2, 0) is 4.79 Å². The van der Waals surface area contributed by atoms with Gasteiger partial charge in [0.05, 0.1) is 23.8 Å². The molecule has 0 spiro atoms. The van der Waals surface area contributed by atoms with Crippen LogP contribution in [0.15, 0.2) is 12.1 Å². The molecular formula is C9H9N3O4. The van der Waals surface area contributed by atoms with Crippen LogP contribution in [0.1, 0.15) is 11.6 Å². The maximum absolute atomic E-state index is 11.3. The van der Waals surface area contributed by atoms with E-state index in [-0.39, 0.29) is 11.4 Å². The summed E-state index contributed by atoms with van der Waals surface area (Å²) in [5, 5.41) is 13.2. The Morgan fingerprint density at radius 3 is 2.81 bits per heavy atom. The summed E-state index contributed by atoms with van der Waals surface area (Å²) >= 11 is 0. The predicted octanol–water partition coefficient (Wildman–Crippen LogP) is 0.555. The molecule has 1 aliphatic heterocycles. The molecule has 3 N–H and O–H groups in total. The molecule has 0 saturated carbocycles. The Balaban J connectivity index is 2.62. The maximum atomic E-state index is 11.3. The van der Waals surface area contributed by atoms with Crippen molar-refractivity contribution in [2.24, 2.45) is 5.73 Å². The van der Waals surface area contributed by atoms with E-state index in [1.54, 1.807) is 0 Å². The van der Waals surface area contributed by atoms with Crippen molar-refractivity contribution in [2.75, 3.05) is 12.4 Å². The molecule has 7 nitrogen and oxygen atoms in total. The third-order valence-electron chi connectivity index (χ3n) is 2.41. The Morgan fingerprint density at radius 1 is 1.56 bits per heavy atom. The van der Waals surface area contributed by atoms with Gasteiger partial charge in [0.15, 0.2) is 0 Å². The summed E-state index contributed by atoms with van der Waals surface area (Å²) in [4.78, 5) is 21.4. The quantitative estimate of drug-likeness (QED) is 0.562. The number of nitrogens with one attached hydrogen (secondary N) is 1. The lowest BCUT2D eigenvalue weighted by atomic mass is 10.1. The lowest BCUT2D eigenvalue weighted by Gasteiger charge is -2.06. The van der Waals surface area contributed by atoms with Crippen LogP contribution in [0.2, 0.25) is 0 Å². The fourth-order valence-corrected chi connectivity index (χ4v) is 1.61. The summed E-state index contributed by atoms with van der Waals surface area (Å²) in [5.74, 6) is -0.153. The van der Waals surface area contributed by atoms with Crippen LogP contribution in [0.25, 0.3) is 0 Å².